The van der Waals surface area contributed by atoms with Gasteiger partial charge in [-0.2, -0.15) is 0 Å². The number of hydrogen-bond acceptors (Lipinski definition) is 5. The molecule has 2 aromatic rings. The van der Waals surface area contributed by atoms with Gasteiger partial charge in [0.1, 0.15) is 10.6 Å². The van der Waals surface area contributed by atoms with Crippen molar-refractivity contribution in [3.8, 4) is 5.75 Å². The van der Waals surface area contributed by atoms with E-state index in [4.69, 9.17) is 10.5 Å². The molecule has 0 fully saturated rings. The highest BCUT2D eigenvalue weighted by Gasteiger charge is 2.17. The first-order valence-corrected chi connectivity index (χ1v) is 7.07. The molecular formula is C14H15N3O3S. The highest BCUT2D eigenvalue weighted by Crippen LogP contribution is 2.18. The molecule has 0 aliphatic carbocycles. The molecule has 2 rings (SSSR count). The second kappa shape index (κ2) is 6.36. The molecule has 3 N–H and O–H groups in total. The number of nitrogens with zero attached hydrogens (tertiary/aromatic N) is 1. The third kappa shape index (κ3) is 4.03. The van der Waals surface area contributed by atoms with Crippen molar-refractivity contribution in [3.63, 3.8) is 0 Å². The minimum atomic E-state index is -0.686. The van der Waals surface area contributed by atoms with Crippen LogP contribution in [0.1, 0.15) is 22.2 Å². The van der Waals surface area contributed by atoms with Gasteiger partial charge in [0.2, 0.25) is 0 Å². The quantitative estimate of drug-likeness (QED) is 0.882. The molecule has 1 heterocycles. The zero-order chi connectivity index (χ0) is 15.4. The molecule has 7 heteroatoms. The Morgan fingerprint density at radius 2 is 2.00 bits per heavy atom. The van der Waals surface area contributed by atoms with Gasteiger partial charge in [0.25, 0.3) is 11.8 Å². The van der Waals surface area contributed by atoms with Crippen molar-refractivity contribution < 1.29 is 14.3 Å². The first-order valence-electron chi connectivity index (χ1n) is 6.25. The van der Waals surface area contributed by atoms with Crippen LogP contribution >= 0.6 is 11.3 Å². The van der Waals surface area contributed by atoms with Gasteiger partial charge >= 0.3 is 0 Å². The Labute approximate surface area is 125 Å². The molecule has 1 atom stereocenters. The Morgan fingerprint density at radius 1 is 1.33 bits per heavy atom. The van der Waals surface area contributed by atoms with Crippen LogP contribution in [-0.4, -0.2) is 22.9 Å². The average molecular weight is 305 g/mol. The summed E-state index contributed by atoms with van der Waals surface area (Å²) in [6, 6.07) is 7.40. The van der Waals surface area contributed by atoms with E-state index in [1.807, 2.05) is 19.1 Å². The van der Waals surface area contributed by atoms with Crippen molar-refractivity contribution in [2.75, 3.05) is 5.32 Å². The van der Waals surface area contributed by atoms with E-state index in [1.54, 1.807) is 19.1 Å². The van der Waals surface area contributed by atoms with Crippen LogP contribution < -0.4 is 15.8 Å². The number of hydrogen-bond donors (Lipinski definition) is 2. The van der Waals surface area contributed by atoms with Crippen LogP contribution in [0.4, 0.5) is 5.13 Å². The van der Waals surface area contributed by atoms with Crippen molar-refractivity contribution in [1.82, 2.24) is 4.98 Å². The maximum Gasteiger partial charge on any atom is 0.266 e. The smallest absolute Gasteiger partial charge is 0.266 e. The highest BCUT2D eigenvalue weighted by molar-refractivity contribution is 7.17. The van der Waals surface area contributed by atoms with Gasteiger partial charge in [-0.15, -0.1) is 0 Å². The number of nitrogens with two attached hydrogens (primary N) is 1. The number of carbonyl (C=O) groups excluding carboxylic acids is 2. The maximum atomic E-state index is 12.0. The van der Waals surface area contributed by atoms with Crippen LogP contribution in [0.25, 0.3) is 0 Å². The summed E-state index contributed by atoms with van der Waals surface area (Å²) in [7, 11) is 0. The summed E-state index contributed by atoms with van der Waals surface area (Å²) < 4.78 is 5.53. The summed E-state index contributed by atoms with van der Waals surface area (Å²) in [5.41, 5.74) is 6.24. The third-order valence-corrected chi connectivity index (χ3v) is 3.61. The van der Waals surface area contributed by atoms with E-state index in [2.05, 4.69) is 10.3 Å². The normalized spacial score (nSPS) is 11.7. The van der Waals surface area contributed by atoms with Crippen molar-refractivity contribution >= 4 is 28.3 Å². The van der Waals surface area contributed by atoms with E-state index >= 15 is 0 Å². The second-order valence-corrected chi connectivity index (χ2v) is 5.49. The van der Waals surface area contributed by atoms with E-state index in [9.17, 15) is 9.59 Å². The molecule has 0 bridgehead atoms. The molecule has 1 aromatic heterocycles. The number of primary amides is 1. The minimum absolute atomic E-state index is 0.289. The Bertz CT molecular complexity index is 652. The Morgan fingerprint density at radius 3 is 2.57 bits per heavy atom. The topological polar surface area (TPSA) is 94.3 Å². The predicted molar refractivity (Wildman–Crippen MR) is 80.5 cm³/mol. The first-order chi connectivity index (χ1) is 9.95. The lowest BCUT2D eigenvalue weighted by Gasteiger charge is -2.13. The lowest BCUT2D eigenvalue weighted by molar-refractivity contribution is -0.122. The monoisotopic (exact) mass is 305 g/mol. The van der Waals surface area contributed by atoms with Gasteiger partial charge in [-0.05, 0) is 26.0 Å². The third-order valence-electron chi connectivity index (χ3n) is 2.68. The van der Waals surface area contributed by atoms with E-state index < -0.39 is 12.0 Å². The lowest BCUT2D eigenvalue weighted by Crippen LogP contribution is -2.30. The van der Waals surface area contributed by atoms with Gasteiger partial charge in [-0.1, -0.05) is 29.0 Å². The summed E-state index contributed by atoms with van der Waals surface area (Å²) in [5, 5.41) is 2.90. The zero-order valence-corrected chi connectivity index (χ0v) is 12.4. The largest absolute Gasteiger partial charge is 0.481 e. The van der Waals surface area contributed by atoms with Crippen LogP contribution in [0.5, 0.6) is 5.75 Å². The number of aromatic nitrogens is 1. The predicted octanol–water partition coefficient (Wildman–Crippen LogP) is 1.96. The molecule has 110 valence electrons. The average Bonchev–Trinajstić information content (AvgIpc) is 2.90. The minimum Gasteiger partial charge on any atom is -0.481 e. The van der Waals surface area contributed by atoms with Crippen molar-refractivity contribution in [2.24, 2.45) is 5.73 Å². The van der Waals surface area contributed by atoms with Gasteiger partial charge < -0.3 is 10.5 Å². The summed E-state index contributed by atoms with van der Waals surface area (Å²) in [4.78, 5) is 27.1. The van der Waals surface area contributed by atoms with Crippen LogP contribution in [0.2, 0.25) is 0 Å². The van der Waals surface area contributed by atoms with Crippen LogP contribution in [0.3, 0.4) is 0 Å². The van der Waals surface area contributed by atoms with Crippen molar-refractivity contribution in [3.05, 3.63) is 40.9 Å². The molecule has 6 nitrogen and oxygen atoms in total. The van der Waals surface area contributed by atoms with E-state index in [0.717, 1.165) is 16.9 Å². The van der Waals surface area contributed by atoms with Crippen molar-refractivity contribution in [1.29, 1.82) is 0 Å². The lowest BCUT2D eigenvalue weighted by atomic mass is 10.2. The first kappa shape index (κ1) is 15.0. The molecule has 0 spiro atoms. The summed E-state index contributed by atoms with van der Waals surface area (Å²) in [6.45, 7) is 3.61. The highest BCUT2D eigenvalue weighted by atomic mass is 32.1. The number of carbonyl (C=O) groups is 2. The fourth-order valence-electron chi connectivity index (χ4n) is 1.53. The molecule has 0 radical (unpaired) electrons. The van der Waals surface area contributed by atoms with E-state index in [0.29, 0.717) is 10.9 Å². The summed E-state index contributed by atoms with van der Waals surface area (Å²) in [6.07, 6.45) is 0.641. The van der Waals surface area contributed by atoms with Crippen LogP contribution in [-0.2, 0) is 4.79 Å². The fourth-order valence-corrected chi connectivity index (χ4v) is 2.20. The van der Waals surface area contributed by atoms with Gasteiger partial charge in [0.05, 0.1) is 6.20 Å². The number of thiazole rings is 1. The number of nitrogens with one attached hydrogen (secondary N) is 1. The Balaban J connectivity index is 1.95. The van der Waals surface area contributed by atoms with Crippen LogP contribution in [0, 0.1) is 6.92 Å². The molecule has 1 aromatic carbocycles. The molecule has 0 saturated heterocycles. The number of ether oxygens (including phenoxy) is 1. The number of rotatable bonds is 5. The maximum absolute atomic E-state index is 12.0. The van der Waals surface area contributed by atoms with Gasteiger partial charge in [-0.25, -0.2) is 4.98 Å². The standard InChI is InChI=1S/C14H15N3O3S/c1-8-3-5-10(6-4-8)20-9(2)13(19)17-14-16-7-11(21-14)12(15)18/h3-7,9H,1-2H3,(H2,15,18)(H,16,17,19)/t9-/m0/s1. The molecule has 0 unspecified atom stereocenters. The fraction of sp³-hybridized carbons (Fsp3) is 0.214. The van der Waals surface area contributed by atoms with Gasteiger partial charge in [-0.3, -0.25) is 14.9 Å². The molecular weight excluding hydrogens is 290 g/mol. The van der Waals surface area contributed by atoms with Gasteiger partial charge in [0.15, 0.2) is 11.2 Å². The van der Waals surface area contributed by atoms with E-state index in [-0.39, 0.29) is 10.8 Å². The molecule has 21 heavy (non-hydrogen) atoms. The van der Waals surface area contributed by atoms with Crippen molar-refractivity contribution in [2.45, 2.75) is 20.0 Å². The Hall–Kier alpha value is -2.41. The number of anilines is 1. The Kier molecular flexibility index (Phi) is 4.54. The number of amides is 2. The molecule has 0 saturated carbocycles. The van der Waals surface area contributed by atoms with Gasteiger partial charge in [0, 0.05) is 0 Å². The van der Waals surface area contributed by atoms with Crippen LogP contribution in [0.15, 0.2) is 30.5 Å². The number of aryl methyl sites for hydroxylation is 1. The SMILES string of the molecule is Cc1ccc(O[C@@H](C)C(=O)Nc2ncc(C(N)=O)s2)cc1. The summed E-state index contributed by atoms with van der Waals surface area (Å²) >= 11 is 1.02. The number of benzene rings is 1. The van der Waals surface area contributed by atoms with E-state index in [1.165, 1.54) is 6.20 Å². The summed E-state index contributed by atoms with van der Waals surface area (Å²) in [5.74, 6) is -0.307. The molecule has 2 amide bonds. The molecule has 0 aliphatic rings. The zero-order valence-electron chi connectivity index (χ0n) is 11.6. The second-order valence-electron chi connectivity index (χ2n) is 4.46. The molecule has 0 aliphatic heterocycles.